The first-order chi connectivity index (χ1) is 8.06. The Balaban J connectivity index is 2.55. The van der Waals surface area contributed by atoms with E-state index in [1.54, 1.807) is 11.3 Å². The van der Waals surface area contributed by atoms with Crippen molar-refractivity contribution in [3.63, 3.8) is 0 Å². The molecule has 1 amide bonds. The topological polar surface area (TPSA) is 32.3 Å². The number of alkyl halides is 1. The largest absolute Gasteiger partial charge is 0.353 e. The lowest BCUT2D eigenvalue weighted by Crippen LogP contribution is -2.37. The van der Waals surface area contributed by atoms with E-state index in [-0.39, 0.29) is 16.8 Å². The summed E-state index contributed by atoms with van der Waals surface area (Å²) in [5.74, 6) is 0.0657. The maximum absolute atomic E-state index is 11.7. The van der Waals surface area contributed by atoms with E-state index in [2.05, 4.69) is 37.6 Å². The third-order valence-corrected chi connectivity index (χ3v) is 4.64. The second kappa shape index (κ2) is 7.13. The van der Waals surface area contributed by atoms with Crippen molar-refractivity contribution in [1.82, 2.24) is 10.2 Å². The van der Waals surface area contributed by atoms with Gasteiger partial charge >= 0.3 is 0 Å². The van der Waals surface area contributed by atoms with E-state index in [4.69, 9.17) is 0 Å². The number of carbonyl (C=O) groups is 1. The molecule has 0 saturated heterocycles. The van der Waals surface area contributed by atoms with Gasteiger partial charge < -0.3 is 10.2 Å². The molecular weight excluding hydrogens is 300 g/mol. The van der Waals surface area contributed by atoms with Crippen LogP contribution in [0, 0.1) is 0 Å². The van der Waals surface area contributed by atoms with Crippen molar-refractivity contribution in [1.29, 1.82) is 0 Å². The Morgan fingerprint density at radius 1 is 1.59 bits per heavy atom. The van der Waals surface area contributed by atoms with E-state index in [0.29, 0.717) is 6.54 Å². The molecule has 0 aliphatic carbocycles. The molecule has 1 N–H and O–H groups in total. The lowest BCUT2D eigenvalue weighted by Gasteiger charge is -2.24. The van der Waals surface area contributed by atoms with Crippen LogP contribution in [0.15, 0.2) is 17.5 Å². The molecule has 1 heterocycles. The van der Waals surface area contributed by atoms with E-state index in [1.807, 2.05) is 27.1 Å². The summed E-state index contributed by atoms with van der Waals surface area (Å²) in [6.07, 6.45) is 0.803. The van der Waals surface area contributed by atoms with Crippen LogP contribution in [-0.4, -0.2) is 36.3 Å². The van der Waals surface area contributed by atoms with E-state index >= 15 is 0 Å². The second-order valence-corrected chi connectivity index (χ2v) is 6.20. The molecule has 0 radical (unpaired) electrons. The molecule has 17 heavy (non-hydrogen) atoms. The van der Waals surface area contributed by atoms with Crippen molar-refractivity contribution in [3.05, 3.63) is 22.4 Å². The van der Waals surface area contributed by atoms with Gasteiger partial charge in [-0.25, -0.2) is 0 Å². The number of thiophene rings is 1. The Labute approximate surface area is 115 Å². The number of hydrogen-bond acceptors (Lipinski definition) is 3. The predicted molar refractivity (Wildman–Crippen MR) is 76.8 cm³/mol. The van der Waals surface area contributed by atoms with Gasteiger partial charge in [-0.1, -0.05) is 28.9 Å². The third-order valence-electron chi connectivity index (χ3n) is 2.61. The lowest BCUT2D eigenvalue weighted by atomic mass is 10.2. The molecule has 1 rings (SSSR count). The SMILES string of the molecule is CCC(Br)C(=O)NCC(c1cccs1)N(C)C. The van der Waals surface area contributed by atoms with E-state index < -0.39 is 0 Å². The van der Waals surface area contributed by atoms with Gasteiger partial charge in [0.2, 0.25) is 5.91 Å². The molecular formula is C12H19BrN2OS. The smallest absolute Gasteiger partial charge is 0.233 e. The summed E-state index contributed by atoms with van der Waals surface area (Å²) >= 11 is 5.08. The van der Waals surface area contributed by atoms with E-state index in [0.717, 1.165) is 6.42 Å². The van der Waals surface area contributed by atoms with Crippen molar-refractivity contribution < 1.29 is 4.79 Å². The first kappa shape index (κ1) is 14.7. The molecule has 0 bridgehead atoms. The molecule has 0 aliphatic rings. The number of hydrogen-bond donors (Lipinski definition) is 1. The predicted octanol–water partition coefficient (Wildman–Crippen LogP) is 2.64. The van der Waals surface area contributed by atoms with Crippen LogP contribution in [0.25, 0.3) is 0 Å². The number of nitrogens with one attached hydrogen (secondary N) is 1. The summed E-state index contributed by atoms with van der Waals surface area (Å²) in [6.45, 7) is 2.64. The Kier molecular flexibility index (Phi) is 6.16. The molecule has 1 aromatic heterocycles. The quantitative estimate of drug-likeness (QED) is 0.818. The normalized spacial score (nSPS) is 14.6. The summed E-state index contributed by atoms with van der Waals surface area (Å²) in [7, 11) is 4.06. The van der Waals surface area contributed by atoms with Crippen molar-refractivity contribution in [3.8, 4) is 0 Å². The van der Waals surface area contributed by atoms with Crippen LogP contribution < -0.4 is 5.32 Å². The van der Waals surface area contributed by atoms with Gasteiger partial charge in [0.25, 0.3) is 0 Å². The zero-order valence-electron chi connectivity index (χ0n) is 10.4. The van der Waals surface area contributed by atoms with Crippen LogP contribution in [0.3, 0.4) is 0 Å². The van der Waals surface area contributed by atoms with Crippen LogP contribution >= 0.6 is 27.3 Å². The van der Waals surface area contributed by atoms with Gasteiger partial charge in [0.05, 0.1) is 10.9 Å². The van der Waals surface area contributed by atoms with E-state index in [1.165, 1.54) is 4.88 Å². The minimum atomic E-state index is -0.0892. The number of rotatable bonds is 6. The molecule has 2 unspecified atom stereocenters. The van der Waals surface area contributed by atoms with Crippen LogP contribution in [0.5, 0.6) is 0 Å². The van der Waals surface area contributed by atoms with Crippen molar-refractivity contribution in [2.45, 2.75) is 24.2 Å². The van der Waals surface area contributed by atoms with Gasteiger partial charge in [0.1, 0.15) is 0 Å². The number of likely N-dealkylation sites (N-methyl/N-ethyl adjacent to an activating group) is 1. The summed E-state index contributed by atoms with van der Waals surface area (Å²) in [5.41, 5.74) is 0. The molecule has 0 saturated carbocycles. The fourth-order valence-corrected chi connectivity index (χ4v) is 2.60. The standard InChI is InChI=1S/C12H19BrN2OS/c1-4-9(13)12(16)14-8-10(15(2)3)11-6-5-7-17-11/h5-7,9-10H,4,8H2,1-3H3,(H,14,16). The van der Waals surface area contributed by atoms with Gasteiger partial charge in [-0.3, -0.25) is 4.79 Å². The Bertz CT molecular complexity index is 340. The van der Waals surface area contributed by atoms with Gasteiger partial charge in [-0.2, -0.15) is 0 Å². The Morgan fingerprint density at radius 3 is 2.76 bits per heavy atom. The molecule has 5 heteroatoms. The maximum Gasteiger partial charge on any atom is 0.233 e. The van der Waals surface area contributed by atoms with Crippen molar-refractivity contribution in [2.24, 2.45) is 0 Å². The van der Waals surface area contributed by atoms with Crippen LogP contribution in [0.1, 0.15) is 24.3 Å². The van der Waals surface area contributed by atoms with Crippen molar-refractivity contribution >= 4 is 33.2 Å². The molecule has 0 aromatic carbocycles. The van der Waals surface area contributed by atoms with Crippen LogP contribution in [0.4, 0.5) is 0 Å². The fourth-order valence-electron chi connectivity index (χ4n) is 1.51. The number of nitrogens with zero attached hydrogens (tertiary/aromatic N) is 1. The summed E-state index contributed by atoms with van der Waals surface area (Å²) in [5, 5.41) is 5.04. The monoisotopic (exact) mass is 318 g/mol. The minimum absolute atomic E-state index is 0.0657. The second-order valence-electron chi connectivity index (χ2n) is 4.12. The maximum atomic E-state index is 11.7. The minimum Gasteiger partial charge on any atom is -0.353 e. The highest BCUT2D eigenvalue weighted by Crippen LogP contribution is 2.22. The van der Waals surface area contributed by atoms with Gasteiger partial charge in [0, 0.05) is 11.4 Å². The van der Waals surface area contributed by atoms with Crippen LogP contribution in [-0.2, 0) is 4.79 Å². The third kappa shape index (κ3) is 4.41. The molecule has 0 spiro atoms. The number of carbonyl (C=O) groups excluding carboxylic acids is 1. The van der Waals surface area contributed by atoms with Gasteiger partial charge in [-0.15, -0.1) is 11.3 Å². The summed E-state index contributed by atoms with van der Waals surface area (Å²) in [4.78, 5) is 15.0. The highest BCUT2D eigenvalue weighted by atomic mass is 79.9. The zero-order chi connectivity index (χ0) is 12.8. The first-order valence-corrected chi connectivity index (χ1v) is 7.47. The average molecular weight is 319 g/mol. The molecule has 1 aromatic rings. The first-order valence-electron chi connectivity index (χ1n) is 5.67. The number of halogens is 1. The highest BCUT2D eigenvalue weighted by Gasteiger charge is 2.18. The molecule has 3 nitrogen and oxygen atoms in total. The summed E-state index contributed by atoms with van der Waals surface area (Å²) in [6, 6.07) is 4.39. The molecule has 0 fully saturated rings. The Hall–Kier alpha value is -0.390. The van der Waals surface area contributed by atoms with Crippen LogP contribution in [0.2, 0.25) is 0 Å². The molecule has 2 atom stereocenters. The van der Waals surface area contributed by atoms with Gasteiger partial charge in [-0.05, 0) is 32.0 Å². The lowest BCUT2D eigenvalue weighted by molar-refractivity contribution is -0.120. The van der Waals surface area contributed by atoms with Crippen molar-refractivity contribution in [2.75, 3.05) is 20.6 Å². The highest BCUT2D eigenvalue weighted by molar-refractivity contribution is 9.10. The molecule has 0 aliphatic heterocycles. The Morgan fingerprint density at radius 2 is 2.29 bits per heavy atom. The number of amides is 1. The fraction of sp³-hybridized carbons (Fsp3) is 0.583. The zero-order valence-corrected chi connectivity index (χ0v) is 12.8. The summed E-state index contributed by atoms with van der Waals surface area (Å²) < 4.78 is 0. The van der Waals surface area contributed by atoms with E-state index in [9.17, 15) is 4.79 Å². The molecule has 96 valence electrons. The average Bonchev–Trinajstić information content (AvgIpc) is 2.81. The van der Waals surface area contributed by atoms with Gasteiger partial charge in [0.15, 0.2) is 0 Å².